The van der Waals surface area contributed by atoms with Crippen LogP contribution in [0.15, 0.2) is 53.7 Å². The van der Waals surface area contributed by atoms with Crippen LogP contribution in [0.1, 0.15) is 35.7 Å². The molecule has 33 heavy (non-hydrogen) atoms. The second-order valence-corrected chi connectivity index (χ2v) is 9.76. The van der Waals surface area contributed by atoms with Gasteiger partial charge in [0.15, 0.2) is 5.16 Å². The van der Waals surface area contributed by atoms with Crippen molar-refractivity contribution in [3.05, 3.63) is 59.7 Å². The molecular formula is C25H29N5O2S. The lowest BCUT2D eigenvalue weighted by Gasteiger charge is -2.37. The van der Waals surface area contributed by atoms with E-state index in [1.807, 2.05) is 60.4 Å². The zero-order chi connectivity index (χ0) is 22.8. The molecule has 2 aromatic carbocycles. The van der Waals surface area contributed by atoms with Crippen molar-refractivity contribution in [3.63, 3.8) is 0 Å². The van der Waals surface area contributed by atoms with Gasteiger partial charge in [0, 0.05) is 43.5 Å². The molecule has 1 atom stereocenters. The zero-order valence-corrected chi connectivity index (χ0v) is 19.6. The zero-order valence-electron chi connectivity index (χ0n) is 18.8. The summed E-state index contributed by atoms with van der Waals surface area (Å²) >= 11 is 1.60. The average Bonchev–Trinajstić information content (AvgIpc) is 3.57. The Morgan fingerprint density at radius 3 is 2.58 bits per heavy atom. The number of thioether (sulfide) groups is 1. The molecule has 2 amide bonds. The Bertz CT molecular complexity index is 1120. The van der Waals surface area contributed by atoms with E-state index in [1.54, 1.807) is 11.8 Å². The van der Waals surface area contributed by atoms with Crippen molar-refractivity contribution in [2.45, 2.75) is 42.8 Å². The minimum Gasteiger partial charge on any atom is -0.352 e. The van der Waals surface area contributed by atoms with E-state index in [1.165, 1.54) is 0 Å². The predicted molar refractivity (Wildman–Crippen MR) is 130 cm³/mol. The second kappa shape index (κ2) is 9.57. The lowest BCUT2D eigenvalue weighted by atomic mass is 10.1. The van der Waals surface area contributed by atoms with E-state index < -0.39 is 0 Å². The van der Waals surface area contributed by atoms with Crippen LogP contribution in [-0.2, 0) is 10.5 Å². The third-order valence-corrected chi connectivity index (χ3v) is 7.35. The number of rotatable bonds is 7. The molecule has 2 N–H and O–H groups in total. The molecule has 1 saturated carbocycles. The number of aromatic nitrogens is 2. The van der Waals surface area contributed by atoms with Crippen molar-refractivity contribution in [2.24, 2.45) is 0 Å². The van der Waals surface area contributed by atoms with Gasteiger partial charge in [-0.15, -0.1) is 0 Å². The Morgan fingerprint density at radius 2 is 1.82 bits per heavy atom. The van der Waals surface area contributed by atoms with Crippen LogP contribution >= 0.6 is 11.8 Å². The number of fused-ring (bicyclic) bond motifs is 1. The van der Waals surface area contributed by atoms with Gasteiger partial charge in [-0.05, 0) is 43.5 Å². The fraction of sp³-hybridized carbons (Fsp3) is 0.400. The number of benzene rings is 2. The molecule has 5 rings (SSSR count). The molecule has 2 fully saturated rings. The van der Waals surface area contributed by atoms with Crippen molar-refractivity contribution in [2.75, 3.05) is 26.2 Å². The predicted octanol–water partition coefficient (Wildman–Crippen LogP) is 3.28. The molecule has 3 aromatic rings. The lowest BCUT2D eigenvalue weighted by molar-refractivity contribution is -0.126. The maximum atomic E-state index is 13.3. The Morgan fingerprint density at radius 1 is 1.09 bits per heavy atom. The number of piperazine rings is 1. The van der Waals surface area contributed by atoms with Gasteiger partial charge in [-0.25, -0.2) is 4.98 Å². The normalized spacial score (nSPS) is 17.8. The summed E-state index contributed by atoms with van der Waals surface area (Å²) in [5.41, 5.74) is 3.71. The van der Waals surface area contributed by atoms with Crippen molar-refractivity contribution in [3.8, 4) is 0 Å². The minimum atomic E-state index is -0.157. The van der Waals surface area contributed by atoms with E-state index in [4.69, 9.17) is 0 Å². The van der Waals surface area contributed by atoms with Crippen LogP contribution in [-0.4, -0.2) is 69.8 Å². The van der Waals surface area contributed by atoms with Crippen LogP contribution in [0.25, 0.3) is 11.0 Å². The summed E-state index contributed by atoms with van der Waals surface area (Å²) in [5.74, 6) is 0.829. The highest BCUT2D eigenvalue weighted by Gasteiger charge is 2.31. The van der Waals surface area contributed by atoms with E-state index >= 15 is 0 Å². The Hall–Kier alpha value is -2.84. The summed E-state index contributed by atoms with van der Waals surface area (Å²) in [4.78, 5) is 37.8. The molecule has 1 saturated heterocycles. The molecule has 1 unspecified atom stereocenters. The van der Waals surface area contributed by atoms with Gasteiger partial charge in [-0.2, -0.15) is 0 Å². The summed E-state index contributed by atoms with van der Waals surface area (Å²) in [6.07, 6.45) is 2.18. The van der Waals surface area contributed by atoms with Crippen LogP contribution in [0.5, 0.6) is 0 Å². The molecule has 1 aromatic heterocycles. The second-order valence-electron chi connectivity index (χ2n) is 8.79. The Kier molecular flexibility index (Phi) is 6.37. The maximum absolute atomic E-state index is 13.3. The first-order valence-corrected chi connectivity index (χ1v) is 12.6. The fourth-order valence-corrected chi connectivity index (χ4v) is 5.09. The van der Waals surface area contributed by atoms with E-state index in [2.05, 4.69) is 20.2 Å². The number of H-pyrrole nitrogens is 1. The van der Waals surface area contributed by atoms with E-state index in [0.29, 0.717) is 38.0 Å². The molecule has 2 aliphatic rings. The van der Waals surface area contributed by atoms with E-state index in [9.17, 15) is 9.59 Å². The number of carbonyl (C=O) groups is 2. The molecule has 8 heteroatoms. The first kappa shape index (κ1) is 22.0. The SMILES string of the molecule is CC(C(=O)NC1CC1)N1CCN(C(=O)c2ccccc2CSc2nc3ccccc3[nH]2)CC1. The Balaban J connectivity index is 1.20. The highest BCUT2D eigenvalue weighted by Crippen LogP contribution is 2.25. The van der Waals surface area contributed by atoms with Crippen LogP contribution in [0.3, 0.4) is 0 Å². The number of amides is 2. The summed E-state index contributed by atoms with van der Waals surface area (Å²) in [7, 11) is 0. The van der Waals surface area contributed by atoms with Gasteiger partial charge >= 0.3 is 0 Å². The van der Waals surface area contributed by atoms with Crippen LogP contribution in [0.2, 0.25) is 0 Å². The summed E-state index contributed by atoms with van der Waals surface area (Å²) in [6, 6.07) is 16.0. The van der Waals surface area contributed by atoms with Crippen molar-refractivity contribution in [1.29, 1.82) is 0 Å². The highest BCUT2D eigenvalue weighted by molar-refractivity contribution is 7.98. The minimum absolute atomic E-state index is 0.0607. The fourth-order valence-electron chi connectivity index (χ4n) is 4.20. The van der Waals surface area contributed by atoms with Gasteiger partial charge in [0.2, 0.25) is 5.91 Å². The number of nitrogens with one attached hydrogen (secondary N) is 2. The average molecular weight is 464 g/mol. The number of hydrogen-bond acceptors (Lipinski definition) is 5. The molecular weight excluding hydrogens is 434 g/mol. The van der Waals surface area contributed by atoms with Crippen molar-refractivity contribution >= 4 is 34.6 Å². The van der Waals surface area contributed by atoms with Gasteiger partial charge in [0.05, 0.1) is 17.1 Å². The molecule has 7 nitrogen and oxygen atoms in total. The third-order valence-electron chi connectivity index (χ3n) is 6.43. The summed E-state index contributed by atoms with van der Waals surface area (Å²) in [6.45, 7) is 4.64. The molecule has 0 spiro atoms. The topological polar surface area (TPSA) is 81.3 Å². The highest BCUT2D eigenvalue weighted by atomic mass is 32.2. The molecule has 1 aliphatic carbocycles. The Labute approximate surface area is 197 Å². The molecule has 1 aliphatic heterocycles. The third kappa shape index (κ3) is 5.07. The van der Waals surface area contributed by atoms with Crippen LogP contribution in [0.4, 0.5) is 0 Å². The first-order valence-electron chi connectivity index (χ1n) is 11.6. The molecule has 172 valence electrons. The van der Waals surface area contributed by atoms with E-state index in [0.717, 1.165) is 40.2 Å². The van der Waals surface area contributed by atoms with Crippen molar-refractivity contribution < 1.29 is 9.59 Å². The number of nitrogens with zero attached hydrogens (tertiary/aromatic N) is 3. The first-order chi connectivity index (χ1) is 16.1. The van der Waals surface area contributed by atoms with Gasteiger partial charge < -0.3 is 15.2 Å². The maximum Gasteiger partial charge on any atom is 0.254 e. The lowest BCUT2D eigenvalue weighted by Crippen LogP contribution is -2.55. The van der Waals surface area contributed by atoms with E-state index in [-0.39, 0.29) is 17.9 Å². The number of imidazole rings is 1. The number of carbonyl (C=O) groups excluding carboxylic acids is 2. The monoisotopic (exact) mass is 463 g/mol. The number of aromatic amines is 1. The molecule has 0 bridgehead atoms. The van der Waals surface area contributed by atoms with Gasteiger partial charge in [0.25, 0.3) is 5.91 Å². The van der Waals surface area contributed by atoms with Gasteiger partial charge in [-0.1, -0.05) is 42.1 Å². The van der Waals surface area contributed by atoms with Crippen LogP contribution in [0, 0.1) is 0 Å². The smallest absolute Gasteiger partial charge is 0.254 e. The summed E-state index contributed by atoms with van der Waals surface area (Å²) < 4.78 is 0. The quantitative estimate of drug-likeness (QED) is 0.526. The number of para-hydroxylation sites is 2. The summed E-state index contributed by atoms with van der Waals surface area (Å²) in [5, 5.41) is 3.94. The standard InChI is InChI=1S/C25H29N5O2S/c1-17(23(31)26-19-10-11-19)29-12-14-30(15-13-29)24(32)20-7-3-2-6-18(20)16-33-25-27-21-8-4-5-9-22(21)28-25/h2-9,17,19H,10-16H2,1H3,(H,26,31)(H,27,28). The van der Waals surface area contributed by atoms with Gasteiger partial charge in [-0.3, -0.25) is 14.5 Å². The molecule has 2 heterocycles. The van der Waals surface area contributed by atoms with Gasteiger partial charge in [0.1, 0.15) is 0 Å². The number of hydrogen-bond donors (Lipinski definition) is 2. The van der Waals surface area contributed by atoms with Crippen LogP contribution < -0.4 is 5.32 Å². The van der Waals surface area contributed by atoms with Crippen molar-refractivity contribution in [1.82, 2.24) is 25.1 Å². The largest absolute Gasteiger partial charge is 0.352 e. The molecule has 0 radical (unpaired) electrons.